The van der Waals surface area contributed by atoms with E-state index in [2.05, 4.69) is 10.9 Å². The van der Waals surface area contributed by atoms with Crippen LogP contribution in [0.1, 0.15) is 43.9 Å². The number of amides is 1. The van der Waals surface area contributed by atoms with Crippen molar-refractivity contribution in [1.82, 2.24) is 10.9 Å². The van der Waals surface area contributed by atoms with Gasteiger partial charge in [0, 0.05) is 46.7 Å². The summed E-state index contributed by atoms with van der Waals surface area (Å²) in [6.07, 6.45) is -0.780. The Bertz CT molecular complexity index is 1520. The Hall–Kier alpha value is -3.15. The third kappa shape index (κ3) is 7.43. The van der Waals surface area contributed by atoms with Crippen LogP contribution in [0.15, 0.2) is 82.7 Å². The fourth-order valence-electron chi connectivity index (χ4n) is 4.42. The highest BCUT2D eigenvalue weighted by atomic mass is 35.5. The van der Waals surface area contributed by atoms with Gasteiger partial charge in [-0.1, -0.05) is 47.5 Å². The van der Waals surface area contributed by atoms with E-state index in [0.29, 0.717) is 34.9 Å². The Labute approximate surface area is 255 Å². The lowest BCUT2D eigenvalue weighted by Crippen LogP contribution is -2.54. The van der Waals surface area contributed by atoms with E-state index < -0.39 is 27.4 Å². The zero-order valence-electron chi connectivity index (χ0n) is 23.2. The van der Waals surface area contributed by atoms with Crippen molar-refractivity contribution in [3.05, 3.63) is 94.0 Å². The number of halogens is 2. The van der Waals surface area contributed by atoms with Gasteiger partial charge in [0.1, 0.15) is 5.75 Å². The summed E-state index contributed by atoms with van der Waals surface area (Å²) in [5.74, 6) is -0.229. The van der Waals surface area contributed by atoms with E-state index in [1.807, 2.05) is 13.8 Å². The summed E-state index contributed by atoms with van der Waals surface area (Å²) in [7, 11) is -3.79. The molecule has 0 unspecified atom stereocenters. The Kier molecular flexibility index (Phi) is 10.5. The number of sulfone groups is 1. The van der Waals surface area contributed by atoms with Gasteiger partial charge in [0.15, 0.2) is 21.5 Å². The summed E-state index contributed by atoms with van der Waals surface area (Å²) in [5.41, 5.74) is 4.87. The number of hydrogen-bond acceptors (Lipinski definition) is 8. The summed E-state index contributed by atoms with van der Waals surface area (Å²) in [6, 6.07) is 19.7. The second-order valence-corrected chi connectivity index (χ2v) is 13.0. The van der Waals surface area contributed by atoms with E-state index in [1.54, 1.807) is 54.6 Å². The number of nitrogens with zero attached hydrogens (tertiary/aromatic N) is 1. The molecule has 9 nitrogen and oxygen atoms in total. The summed E-state index contributed by atoms with van der Waals surface area (Å²) in [6.45, 7) is 4.08. The Morgan fingerprint density at radius 3 is 2.45 bits per heavy atom. The number of aliphatic hydroxyl groups is 1. The molecule has 0 aromatic heterocycles. The maximum absolute atomic E-state index is 14.0. The molecule has 3 aromatic rings. The first-order chi connectivity index (χ1) is 20.1. The quantitative estimate of drug-likeness (QED) is 0.180. The molecule has 0 radical (unpaired) electrons. The highest BCUT2D eigenvalue weighted by Crippen LogP contribution is 2.45. The number of benzene rings is 3. The largest absolute Gasteiger partial charge is 0.494 e. The highest BCUT2D eigenvalue weighted by Gasteiger charge is 2.54. The molecule has 1 aliphatic rings. The van der Waals surface area contributed by atoms with Crippen LogP contribution in [0.3, 0.4) is 0 Å². The van der Waals surface area contributed by atoms with Crippen molar-refractivity contribution in [2.75, 3.05) is 19.0 Å². The maximum Gasteiger partial charge on any atom is 0.266 e. The molecule has 0 aliphatic carbocycles. The Morgan fingerprint density at radius 2 is 1.81 bits per heavy atom. The van der Waals surface area contributed by atoms with Gasteiger partial charge in [-0.05, 0) is 62.4 Å². The molecule has 1 amide bonds. The lowest BCUT2D eigenvalue weighted by molar-refractivity contribution is -0.130. The van der Waals surface area contributed by atoms with Crippen molar-refractivity contribution >= 4 is 44.8 Å². The second kappa shape index (κ2) is 13.9. The minimum absolute atomic E-state index is 0.0210. The van der Waals surface area contributed by atoms with Gasteiger partial charge >= 0.3 is 0 Å². The van der Waals surface area contributed by atoms with E-state index in [0.717, 1.165) is 0 Å². The van der Waals surface area contributed by atoms with E-state index in [-0.39, 0.29) is 40.6 Å². The zero-order chi connectivity index (χ0) is 30.3. The van der Waals surface area contributed by atoms with Crippen molar-refractivity contribution in [2.24, 2.45) is 4.99 Å². The molecule has 224 valence electrons. The van der Waals surface area contributed by atoms with Crippen LogP contribution in [-0.2, 0) is 19.4 Å². The molecule has 0 bridgehead atoms. The van der Waals surface area contributed by atoms with Crippen LogP contribution in [0.25, 0.3) is 0 Å². The molecule has 0 fully saturated rings. The van der Waals surface area contributed by atoms with E-state index in [4.69, 9.17) is 42.8 Å². The lowest BCUT2D eigenvalue weighted by atomic mass is 9.85. The van der Waals surface area contributed by atoms with Gasteiger partial charge in [-0.2, -0.15) is 0 Å². The number of hydrogen-bond donors (Lipinski definition) is 3. The molecule has 0 saturated carbocycles. The molecule has 0 saturated heterocycles. The van der Waals surface area contributed by atoms with Crippen LogP contribution in [0, 0.1) is 0 Å². The number of carbonyl (C=O) groups excluding carboxylic acids is 1. The maximum atomic E-state index is 14.0. The molecular formula is C30H33Cl2N3O6S. The molecule has 3 aromatic carbocycles. The predicted molar refractivity (Wildman–Crippen MR) is 163 cm³/mol. The Balaban J connectivity index is 1.78. The summed E-state index contributed by atoms with van der Waals surface area (Å²) in [4.78, 5) is 18.9. The number of carbonyl (C=O) groups is 1. The standard InChI is InChI=1S/C30H33Cl2N3O6S/c1-20(2)34-35-29(37)30(15-18-42(38,39)24-7-4-3-5-8-24)27(25-14-11-22(31)19-26(25)32)41-28(33-30)21-9-12-23(13-10-21)40-17-6-16-36/h3-5,7-14,19-20,27,34,36H,6,15-18H2,1-2H3,(H,35,37)/t27-,30-/m0/s1. The molecule has 12 heteroatoms. The first kappa shape index (κ1) is 31.8. The molecule has 1 aliphatic heterocycles. The molecule has 3 N–H and O–H groups in total. The van der Waals surface area contributed by atoms with Gasteiger partial charge in [-0.25, -0.2) is 18.8 Å². The first-order valence-corrected chi connectivity index (χ1v) is 15.9. The normalized spacial score (nSPS) is 18.4. The molecule has 4 rings (SSSR count). The van der Waals surface area contributed by atoms with E-state index in [9.17, 15) is 13.2 Å². The molecule has 42 heavy (non-hydrogen) atoms. The van der Waals surface area contributed by atoms with Crippen LogP contribution in [0.2, 0.25) is 10.0 Å². The van der Waals surface area contributed by atoms with Crippen LogP contribution in [-0.4, -0.2) is 55.9 Å². The van der Waals surface area contributed by atoms with Crippen LogP contribution in [0.4, 0.5) is 0 Å². The average Bonchev–Trinajstić information content (AvgIpc) is 3.36. The molecule has 1 heterocycles. The summed E-state index contributed by atoms with van der Waals surface area (Å²) in [5, 5.41) is 9.64. The second-order valence-electron chi connectivity index (χ2n) is 10.1. The highest BCUT2D eigenvalue weighted by molar-refractivity contribution is 7.91. The van der Waals surface area contributed by atoms with E-state index >= 15 is 0 Å². The number of aliphatic hydroxyl groups excluding tert-OH is 1. The van der Waals surface area contributed by atoms with Crippen molar-refractivity contribution < 1.29 is 27.8 Å². The predicted octanol–water partition coefficient (Wildman–Crippen LogP) is 4.90. The fourth-order valence-corrected chi connectivity index (χ4v) is 6.31. The molecule has 2 atom stereocenters. The minimum atomic E-state index is -3.79. The number of hydrazine groups is 1. The number of aliphatic imine (C=N–C) groups is 1. The molecular weight excluding hydrogens is 601 g/mol. The monoisotopic (exact) mass is 633 g/mol. The lowest BCUT2D eigenvalue weighted by Gasteiger charge is -2.31. The van der Waals surface area contributed by atoms with Gasteiger partial charge in [0.05, 0.1) is 17.3 Å². The van der Waals surface area contributed by atoms with Crippen molar-refractivity contribution in [3.8, 4) is 5.75 Å². The van der Waals surface area contributed by atoms with E-state index in [1.165, 1.54) is 18.2 Å². The smallest absolute Gasteiger partial charge is 0.266 e. The van der Waals surface area contributed by atoms with Crippen molar-refractivity contribution in [3.63, 3.8) is 0 Å². The number of rotatable bonds is 13. The van der Waals surface area contributed by atoms with Crippen LogP contribution >= 0.6 is 23.2 Å². The van der Waals surface area contributed by atoms with Crippen LogP contribution < -0.4 is 15.6 Å². The third-order valence-electron chi connectivity index (χ3n) is 6.60. The molecule has 0 spiro atoms. The Morgan fingerprint density at radius 1 is 1.10 bits per heavy atom. The van der Waals surface area contributed by atoms with Gasteiger partial charge in [-0.3, -0.25) is 10.2 Å². The number of ether oxygens (including phenoxy) is 2. The third-order valence-corrected chi connectivity index (χ3v) is 8.90. The zero-order valence-corrected chi connectivity index (χ0v) is 25.5. The van der Waals surface area contributed by atoms with Gasteiger partial charge in [0.2, 0.25) is 5.90 Å². The van der Waals surface area contributed by atoms with Crippen LogP contribution in [0.5, 0.6) is 5.75 Å². The topological polar surface area (TPSA) is 126 Å². The SMILES string of the molecule is CC(C)NNC(=O)[C@@]1(CCS(=O)(=O)c2ccccc2)N=C(c2ccc(OCCCO)cc2)O[C@H]1c1ccc(Cl)cc1Cl. The van der Waals surface area contributed by atoms with Crippen molar-refractivity contribution in [2.45, 2.75) is 49.3 Å². The number of nitrogens with one attached hydrogen (secondary N) is 2. The summed E-state index contributed by atoms with van der Waals surface area (Å²) < 4.78 is 38.7. The fraction of sp³-hybridized carbons (Fsp3) is 0.333. The van der Waals surface area contributed by atoms with Gasteiger partial charge in [-0.15, -0.1) is 0 Å². The average molecular weight is 635 g/mol. The minimum Gasteiger partial charge on any atom is -0.494 e. The van der Waals surface area contributed by atoms with Gasteiger partial charge < -0.3 is 14.6 Å². The summed E-state index contributed by atoms with van der Waals surface area (Å²) >= 11 is 12.8. The first-order valence-electron chi connectivity index (χ1n) is 13.4. The van der Waals surface area contributed by atoms with Gasteiger partial charge in [0.25, 0.3) is 5.91 Å². The van der Waals surface area contributed by atoms with Crippen molar-refractivity contribution in [1.29, 1.82) is 0 Å².